The number of amides is 1. The fourth-order valence-corrected chi connectivity index (χ4v) is 6.12. The zero-order chi connectivity index (χ0) is 37.9. The van der Waals surface area contributed by atoms with Crippen molar-refractivity contribution in [1.29, 1.82) is 0 Å². The smallest absolute Gasteiger partial charge is 0.411 e. The van der Waals surface area contributed by atoms with Crippen LogP contribution in [0.2, 0.25) is 0 Å². The van der Waals surface area contributed by atoms with E-state index >= 15 is 0 Å². The second-order valence-electron chi connectivity index (χ2n) is 14.0. The van der Waals surface area contributed by atoms with Gasteiger partial charge in [-0.2, -0.15) is 0 Å². The van der Waals surface area contributed by atoms with Gasteiger partial charge in [-0.05, 0) is 39.5 Å². The summed E-state index contributed by atoms with van der Waals surface area (Å²) in [7, 11) is 2.93. The molecule has 8 heteroatoms. The van der Waals surface area contributed by atoms with E-state index in [0.29, 0.717) is 11.8 Å². The van der Waals surface area contributed by atoms with E-state index < -0.39 is 6.09 Å². The average molecular weight is 902 g/mol. The van der Waals surface area contributed by atoms with Crippen molar-refractivity contribution in [2.24, 2.45) is 27.1 Å². The van der Waals surface area contributed by atoms with E-state index in [-0.39, 0.29) is 89.1 Å². The third-order valence-electron chi connectivity index (χ3n) is 9.53. The van der Waals surface area contributed by atoms with Crippen LogP contribution >= 0.6 is 0 Å². The number of hydrogen-bond acceptors (Lipinski definition) is 7. The lowest BCUT2D eigenvalue weighted by molar-refractivity contribution is 0.152. The topological polar surface area (TPSA) is 113 Å². The van der Waals surface area contributed by atoms with Crippen molar-refractivity contribution in [1.82, 2.24) is 5.32 Å². The Kier molecular flexibility index (Phi) is 149. The number of nitrogens with one attached hydrogen (secondary N) is 1. The van der Waals surface area contributed by atoms with Gasteiger partial charge < -0.3 is 10.5 Å². The first-order chi connectivity index (χ1) is 24.3. The lowest BCUT2D eigenvalue weighted by Crippen LogP contribution is -2.19. The first-order valence-electron chi connectivity index (χ1n) is 20.9. The summed E-state index contributed by atoms with van der Waals surface area (Å²) in [4.78, 5) is 27.9. The molecule has 2 N–H and O–H groups in total. The Balaban J connectivity index is -0.0000000430. The molecule has 0 aromatic heterocycles. The molecule has 0 aliphatic carbocycles. The minimum Gasteiger partial charge on any atom is -0.411 e. The standard InChI is InChI=1S/C21H42N2O2.C19H39NO.C2H3NO.12CH4/c1-5-7-9-11-13-15-17-20(18-16-14-12-10-8-6-2)19(3)23-25-21(24)22-4;1-4-6-8-10-12-14-16-19(18(3)20-21)17-15-13-11-9-7-5-2;1-3-2-4;;;;;;;;;;;;/h20H,5-18H2,1-4H3,(H,22,24);19,21H,4-17H2,1-3H3;1H3;12*1H4/b23-19-;20-18+;;;;;;;;;;;;;. The number of aliphatic imine (C=N–C) groups is 1. The largest absolute Gasteiger partial charge is 0.433 e. The maximum Gasteiger partial charge on any atom is 0.433 e. The van der Waals surface area contributed by atoms with Crippen molar-refractivity contribution < 1.29 is 19.6 Å². The van der Waals surface area contributed by atoms with Crippen LogP contribution < -0.4 is 5.32 Å². The summed E-state index contributed by atoms with van der Waals surface area (Å²) in [6, 6.07) is 0. The quantitative estimate of drug-likeness (QED) is 0.0180. The van der Waals surface area contributed by atoms with Crippen molar-refractivity contribution in [2.45, 2.75) is 310 Å². The molecule has 0 aromatic rings. The number of carbonyl (C=O) groups excluding carboxylic acids is 2. The van der Waals surface area contributed by atoms with E-state index in [1.54, 1.807) is 7.05 Å². The van der Waals surface area contributed by atoms with E-state index in [9.17, 15) is 4.79 Å². The Morgan fingerprint density at radius 3 is 0.919 bits per heavy atom. The van der Waals surface area contributed by atoms with Crippen LogP contribution in [-0.2, 0) is 9.63 Å². The van der Waals surface area contributed by atoms with Crippen molar-refractivity contribution in [3.05, 3.63) is 0 Å². The molecule has 1 amide bonds. The van der Waals surface area contributed by atoms with Crippen LogP contribution in [0.5, 0.6) is 0 Å². The van der Waals surface area contributed by atoms with Crippen LogP contribution in [-0.4, -0.2) is 42.9 Å². The molecular weight excluding hydrogens is 769 g/mol. The highest BCUT2D eigenvalue weighted by Gasteiger charge is 2.14. The van der Waals surface area contributed by atoms with E-state index in [2.05, 4.69) is 48.3 Å². The molecule has 0 radical (unpaired) electrons. The second-order valence-corrected chi connectivity index (χ2v) is 14.0. The van der Waals surface area contributed by atoms with Gasteiger partial charge in [-0.3, -0.25) is 4.84 Å². The highest BCUT2D eigenvalue weighted by atomic mass is 16.7. The van der Waals surface area contributed by atoms with Crippen LogP contribution in [0.3, 0.4) is 0 Å². The number of rotatable bonds is 31. The Bertz CT molecular complexity index is 782. The number of carbonyl (C=O) groups is 1. The third-order valence-corrected chi connectivity index (χ3v) is 9.53. The van der Waals surface area contributed by atoms with Crippen LogP contribution in [0.15, 0.2) is 15.3 Å². The fraction of sp³-hybridized carbons (Fsp3) is 0.926. The van der Waals surface area contributed by atoms with E-state index in [0.717, 1.165) is 24.3 Å². The Morgan fingerprint density at radius 1 is 0.484 bits per heavy atom. The highest BCUT2D eigenvalue weighted by molar-refractivity contribution is 5.84. The number of oxime groups is 2. The summed E-state index contributed by atoms with van der Waals surface area (Å²) >= 11 is 0. The zero-order valence-corrected chi connectivity index (χ0v) is 34.5. The van der Waals surface area contributed by atoms with Crippen LogP contribution in [0.1, 0.15) is 310 Å². The molecule has 0 bridgehead atoms. The molecule has 0 unspecified atom stereocenters. The van der Waals surface area contributed by atoms with E-state index in [1.165, 1.54) is 180 Å². The first-order valence-corrected chi connectivity index (χ1v) is 20.9. The molecule has 392 valence electrons. The zero-order valence-electron chi connectivity index (χ0n) is 34.5. The van der Waals surface area contributed by atoms with E-state index in [1.807, 2.05) is 13.8 Å². The number of hydrogen-bond donors (Lipinski definition) is 2. The highest BCUT2D eigenvalue weighted by Crippen LogP contribution is 2.22. The van der Waals surface area contributed by atoms with Gasteiger partial charge in [0.25, 0.3) is 0 Å². The molecular formula is C54H132N4O4. The Hall–Kier alpha value is -2.21. The normalized spacial score (nSPS) is 9.19. The van der Waals surface area contributed by atoms with Crippen molar-refractivity contribution in [2.75, 3.05) is 14.1 Å². The maximum atomic E-state index is 11.2. The molecule has 0 fully saturated rings. The molecule has 0 aliphatic heterocycles. The molecule has 0 spiro atoms. The van der Waals surface area contributed by atoms with Crippen LogP contribution in [0.25, 0.3) is 0 Å². The van der Waals surface area contributed by atoms with Gasteiger partial charge in [-0.15, -0.1) is 0 Å². The minimum atomic E-state index is -0.489. The molecule has 0 saturated carbocycles. The summed E-state index contributed by atoms with van der Waals surface area (Å²) < 4.78 is 0. The monoisotopic (exact) mass is 901 g/mol. The van der Waals surface area contributed by atoms with Gasteiger partial charge in [0, 0.05) is 25.9 Å². The van der Waals surface area contributed by atoms with Crippen molar-refractivity contribution in [3.63, 3.8) is 0 Å². The SMILES string of the molecule is C.C.C.C.C.C.C.C.C.C.C.C.CCCCCCCCC(CCCCCCCC)/C(C)=N/O.CCCCCCCCC(CCCCCCCC)/C(C)=N\OC(=O)NC.CN=C=O. The molecule has 62 heavy (non-hydrogen) atoms. The molecule has 0 saturated heterocycles. The predicted octanol–water partition coefficient (Wildman–Crippen LogP) is 21.4. The Morgan fingerprint density at radius 2 is 0.710 bits per heavy atom. The summed E-state index contributed by atoms with van der Waals surface area (Å²) in [6.07, 6.45) is 37.4. The summed E-state index contributed by atoms with van der Waals surface area (Å²) in [5.74, 6) is 0.953. The molecule has 0 aromatic carbocycles. The number of nitrogens with zero attached hydrogens (tertiary/aromatic N) is 3. The summed E-state index contributed by atoms with van der Waals surface area (Å²) in [6.45, 7) is 13.0. The summed E-state index contributed by atoms with van der Waals surface area (Å²) in [5.41, 5.74) is 1.91. The Labute approximate surface area is 399 Å². The lowest BCUT2D eigenvalue weighted by Gasteiger charge is -2.16. The number of unbranched alkanes of at least 4 members (excludes halogenated alkanes) is 20. The van der Waals surface area contributed by atoms with Crippen LogP contribution in [0, 0.1) is 11.8 Å². The lowest BCUT2D eigenvalue weighted by atomic mass is 9.91. The van der Waals surface area contributed by atoms with Gasteiger partial charge in [-0.1, -0.05) is 281 Å². The molecule has 0 heterocycles. The van der Waals surface area contributed by atoms with Crippen molar-refractivity contribution >= 4 is 23.6 Å². The van der Waals surface area contributed by atoms with Gasteiger partial charge in [0.2, 0.25) is 6.08 Å². The van der Waals surface area contributed by atoms with Gasteiger partial charge in [0.1, 0.15) is 0 Å². The first kappa shape index (κ1) is 103. The molecule has 0 aliphatic rings. The second kappa shape index (κ2) is 89.7. The van der Waals surface area contributed by atoms with Gasteiger partial charge in [-0.25, -0.2) is 14.6 Å². The molecule has 0 atom stereocenters. The minimum absolute atomic E-state index is 0. The van der Waals surface area contributed by atoms with Gasteiger partial charge in [0.15, 0.2) is 0 Å². The summed E-state index contributed by atoms with van der Waals surface area (Å²) in [5, 5.41) is 19.0. The average Bonchev–Trinajstić information content (AvgIpc) is 3.14. The predicted molar refractivity (Wildman–Crippen MR) is 297 cm³/mol. The number of isocyanates is 1. The van der Waals surface area contributed by atoms with Gasteiger partial charge in [0.05, 0.1) is 11.4 Å². The van der Waals surface area contributed by atoms with Crippen molar-refractivity contribution in [3.8, 4) is 0 Å². The van der Waals surface area contributed by atoms with Gasteiger partial charge >= 0.3 is 6.09 Å². The fourth-order valence-electron chi connectivity index (χ4n) is 6.12. The van der Waals surface area contributed by atoms with E-state index in [4.69, 9.17) is 14.8 Å². The third kappa shape index (κ3) is 81.6. The molecule has 8 nitrogen and oxygen atoms in total. The maximum absolute atomic E-state index is 11.2. The molecule has 0 rings (SSSR count). The van der Waals surface area contributed by atoms with Crippen LogP contribution in [0.4, 0.5) is 4.79 Å².